The Labute approximate surface area is 125 Å². The van der Waals surface area contributed by atoms with Gasteiger partial charge in [0.05, 0.1) is 17.6 Å². The van der Waals surface area contributed by atoms with Crippen molar-refractivity contribution in [1.82, 2.24) is 9.88 Å². The molecule has 1 aromatic carbocycles. The molecule has 0 saturated carbocycles. The Morgan fingerprint density at radius 3 is 2.65 bits per heavy atom. The Morgan fingerprint density at radius 2 is 1.95 bits per heavy atom. The molecule has 5 heteroatoms. The van der Waals surface area contributed by atoms with Crippen LogP contribution in [0.5, 0.6) is 5.88 Å². The van der Waals surface area contributed by atoms with Crippen molar-refractivity contribution in [3.63, 3.8) is 0 Å². The second-order valence-electron chi connectivity index (χ2n) is 4.61. The van der Waals surface area contributed by atoms with E-state index >= 15 is 0 Å². The first-order chi connectivity index (χ1) is 9.74. The first-order valence-corrected chi connectivity index (χ1v) is 7.15. The molecule has 1 saturated heterocycles. The lowest BCUT2D eigenvalue weighted by molar-refractivity contribution is 0.0157. The molecule has 3 rings (SSSR count). The molecule has 1 aromatic heterocycles. The molecule has 0 N–H and O–H groups in total. The molecular formula is C15H13BrN2O2. The van der Waals surface area contributed by atoms with E-state index < -0.39 is 0 Å². The van der Waals surface area contributed by atoms with Crippen LogP contribution in [-0.2, 0) is 0 Å². The number of carbonyl (C=O) groups is 1. The Morgan fingerprint density at radius 1 is 1.20 bits per heavy atom. The van der Waals surface area contributed by atoms with E-state index in [1.54, 1.807) is 11.1 Å². The van der Waals surface area contributed by atoms with Crippen molar-refractivity contribution < 1.29 is 9.53 Å². The van der Waals surface area contributed by atoms with Gasteiger partial charge in [-0.25, -0.2) is 4.98 Å². The minimum Gasteiger partial charge on any atom is -0.470 e. The number of hydrogen-bond donors (Lipinski definition) is 0. The minimum atomic E-state index is 0.00821. The second-order valence-corrected chi connectivity index (χ2v) is 5.46. The maximum Gasteiger partial charge on any atom is 0.254 e. The van der Waals surface area contributed by atoms with Crippen molar-refractivity contribution >= 4 is 21.8 Å². The molecule has 102 valence electrons. The number of benzene rings is 1. The average Bonchev–Trinajstić information content (AvgIpc) is 2.44. The lowest BCUT2D eigenvalue weighted by Gasteiger charge is -2.38. The predicted octanol–water partition coefficient (Wildman–Crippen LogP) is 2.75. The van der Waals surface area contributed by atoms with Crippen LogP contribution in [0, 0.1) is 0 Å². The highest BCUT2D eigenvalue weighted by atomic mass is 79.9. The third kappa shape index (κ3) is 2.67. The van der Waals surface area contributed by atoms with Crippen LogP contribution in [0.2, 0.25) is 0 Å². The molecule has 2 heterocycles. The zero-order chi connectivity index (χ0) is 13.9. The van der Waals surface area contributed by atoms with Gasteiger partial charge in [-0.2, -0.15) is 0 Å². The molecule has 1 aliphatic rings. The van der Waals surface area contributed by atoms with Gasteiger partial charge in [0, 0.05) is 11.8 Å². The maximum absolute atomic E-state index is 12.1. The summed E-state index contributed by atoms with van der Waals surface area (Å²) in [6, 6.07) is 13.0. The predicted molar refractivity (Wildman–Crippen MR) is 78.7 cm³/mol. The number of carbonyl (C=O) groups excluding carboxylic acids is 1. The minimum absolute atomic E-state index is 0.00821. The summed E-state index contributed by atoms with van der Waals surface area (Å²) in [7, 11) is 0. The van der Waals surface area contributed by atoms with Gasteiger partial charge in [-0.3, -0.25) is 4.79 Å². The quantitative estimate of drug-likeness (QED) is 0.867. The van der Waals surface area contributed by atoms with Crippen molar-refractivity contribution in [2.45, 2.75) is 6.10 Å². The average molecular weight is 333 g/mol. The zero-order valence-corrected chi connectivity index (χ0v) is 12.3. The van der Waals surface area contributed by atoms with E-state index in [0.717, 1.165) is 4.47 Å². The molecule has 1 aliphatic heterocycles. The van der Waals surface area contributed by atoms with Gasteiger partial charge in [0.15, 0.2) is 0 Å². The van der Waals surface area contributed by atoms with E-state index in [0.29, 0.717) is 24.5 Å². The van der Waals surface area contributed by atoms with Crippen LogP contribution >= 0.6 is 15.9 Å². The van der Waals surface area contributed by atoms with Gasteiger partial charge in [-0.15, -0.1) is 0 Å². The summed E-state index contributed by atoms with van der Waals surface area (Å²) in [6.45, 7) is 1.19. The van der Waals surface area contributed by atoms with Crippen LogP contribution < -0.4 is 4.74 Å². The smallest absolute Gasteiger partial charge is 0.254 e. The summed E-state index contributed by atoms with van der Waals surface area (Å²) in [4.78, 5) is 18.1. The third-order valence-electron chi connectivity index (χ3n) is 3.16. The number of ether oxygens (including phenoxy) is 1. The second kappa shape index (κ2) is 5.63. The van der Waals surface area contributed by atoms with E-state index in [1.807, 2.05) is 42.5 Å². The normalized spacial score (nSPS) is 14.8. The number of aromatic nitrogens is 1. The lowest BCUT2D eigenvalue weighted by Crippen LogP contribution is -2.56. The molecule has 1 fully saturated rings. The van der Waals surface area contributed by atoms with Crippen LogP contribution in [0.25, 0.3) is 0 Å². The van der Waals surface area contributed by atoms with Gasteiger partial charge >= 0.3 is 0 Å². The van der Waals surface area contributed by atoms with Crippen LogP contribution in [0.4, 0.5) is 0 Å². The van der Waals surface area contributed by atoms with Gasteiger partial charge < -0.3 is 9.64 Å². The Bertz CT molecular complexity index is 612. The van der Waals surface area contributed by atoms with E-state index in [1.165, 1.54) is 0 Å². The summed E-state index contributed by atoms with van der Waals surface area (Å²) in [6.07, 6.45) is 1.69. The Hall–Kier alpha value is -1.88. The summed E-state index contributed by atoms with van der Waals surface area (Å²) in [5.41, 5.74) is 0.713. The van der Waals surface area contributed by atoms with Crippen LogP contribution in [0.15, 0.2) is 53.1 Å². The van der Waals surface area contributed by atoms with Gasteiger partial charge in [0.2, 0.25) is 5.88 Å². The summed E-state index contributed by atoms with van der Waals surface area (Å²) >= 11 is 3.39. The first kappa shape index (κ1) is 13.1. The molecule has 4 nitrogen and oxygen atoms in total. The Kier molecular flexibility index (Phi) is 3.69. The summed E-state index contributed by atoms with van der Waals surface area (Å²) in [5.74, 6) is 0.620. The van der Waals surface area contributed by atoms with E-state index in [4.69, 9.17) is 4.74 Å². The highest BCUT2D eigenvalue weighted by molar-refractivity contribution is 9.10. The molecule has 20 heavy (non-hydrogen) atoms. The SMILES string of the molecule is O=C(c1ccccc1)N1CC(Oc2ncccc2Br)C1. The number of rotatable bonds is 3. The highest BCUT2D eigenvalue weighted by Crippen LogP contribution is 2.25. The van der Waals surface area contributed by atoms with E-state index in [-0.39, 0.29) is 12.0 Å². The van der Waals surface area contributed by atoms with Crippen molar-refractivity contribution in [2.24, 2.45) is 0 Å². The molecule has 0 bridgehead atoms. The molecule has 0 radical (unpaired) electrons. The van der Waals surface area contributed by atoms with Gasteiger partial charge in [0.25, 0.3) is 5.91 Å². The highest BCUT2D eigenvalue weighted by Gasteiger charge is 2.33. The van der Waals surface area contributed by atoms with Crippen molar-refractivity contribution in [3.05, 3.63) is 58.7 Å². The van der Waals surface area contributed by atoms with E-state index in [9.17, 15) is 4.79 Å². The summed E-state index contributed by atoms with van der Waals surface area (Å²) in [5, 5.41) is 0. The lowest BCUT2D eigenvalue weighted by atomic mass is 10.1. The number of likely N-dealkylation sites (tertiary alicyclic amines) is 1. The number of hydrogen-bond acceptors (Lipinski definition) is 3. The molecule has 0 atom stereocenters. The number of halogens is 1. The molecule has 1 amide bonds. The standard InChI is InChI=1S/C15H13BrN2O2/c16-13-7-4-8-17-14(13)20-12-9-18(10-12)15(19)11-5-2-1-3-6-11/h1-8,12H,9-10H2. The summed E-state index contributed by atoms with van der Waals surface area (Å²) < 4.78 is 6.57. The van der Waals surface area contributed by atoms with E-state index in [2.05, 4.69) is 20.9 Å². The molecule has 0 spiro atoms. The monoisotopic (exact) mass is 332 g/mol. The third-order valence-corrected chi connectivity index (χ3v) is 3.76. The van der Waals surface area contributed by atoms with Crippen molar-refractivity contribution in [1.29, 1.82) is 0 Å². The maximum atomic E-state index is 12.1. The molecular weight excluding hydrogens is 320 g/mol. The van der Waals surface area contributed by atoms with Crippen LogP contribution in [0.3, 0.4) is 0 Å². The van der Waals surface area contributed by atoms with Crippen LogP contribution in [0.1, 0.15) is 10.4 Å². The van der Waals surface area contributed by atoms with Crippen LogP contribution in [-0.4, -0.2) is 35.0 Å². The zero-order valence-electron chi connectivity index (χ0n) is 10.7. The van der Waals surface area contributed by atoms with Gasteiger partial charge in [-0.05, 0) is 40.2 Å². The fraction of sp³-hybridized carbons (Fsp3) is 0.200. The molecule has 2 aromatic rings. The molecule has 0 aliphatic carbocycles. The topological polar surface area (TPSA) is 42.4 Å². The number of amides is 1. The largest absolute Gasteiger partial charge is 0.470 e. The Balaban J connectivity index is 1.57. The fourth-order valence-corrected chi connectivity index (χ4v) is 2.41. The van der Waals surface area contributed by atoms with Crippen molar-refractivity contribution in [3.8, 4) is 5.88 Å². The number of nitrogens with zero attached hydrogens (tertiary/aromatic N) is 2. The fourth-order valence-electron chi connectivity index (χ4n) is 2.06. The van der Waals surface area contributed by atoms with Gasteiger partial charge in [0.1, 0.15) is 6.10 Å². The number of pyridine rings is 1. The molecule has 0 unspecified atom stereocenters. The van der Waals surface area contributed by atoms with Gasteiger partial charge in [-0.1, -0.05) is 18.2 Å². The first-order valence-electron chi connectivity index (χ1n) is 6.35. The van der Waals surface area contributed by atoms with Crippen molar-refractivity contribution in [2.75, 3.05) is 13.1 Å².